The molecule has 2 amide bonds. The lowest BCUT2D eigenvalue weighted by Gasteiger charge is -2.31. The monoisotopic (exact) mass is 456 g/mol. The fourth-order valence-corrected chi connectivity index (χ4v) is 4.56. The van der Waals surface area contributed by atoms with Gasteiger partial charge in [-0.3, -0.25) is 14.3 Å². The molecule has 0 spiro atoms. The largest absolute Gasteiger partial charge is 0.339 e. The zero-order chi connectivity index (χ0) is 21.2. The highest BCUT2D eigenvalue weighted by atomic mass is 35.5. The second-order valence-electron chi connectivity index (χ2n) is 6.92. The molecule has 11 heteroatoms. The van der Waals surface area contributed by atoms with Gasteiger partial charge in [0, 0.05) is 30.0 Å². The summed E-state index contributed by atoms with van der Waals surface area (Å²) < 4.78 is 25.2. The second-order valence-corrected chi connectivity index (χ2v) is 9.93. The summed E-state index contributed by atoms with van der Waals surface area (Å²) >= 11 is 7.40. The van der Waals surface area contributed by atoms with E-state index in [-0.39, 0.29) is 28.4 Å². The molecule has 1 saturated heterocycles. The molecule has 1 aliphatic rings. The van der Waals surface area contributed by atoms with Gasteiger partial charge in [-0.25, -0.2) is 13.4 Å². The number of halogens is 1. The summed E-state index contributed by atoms with van der Waals surface area (Å²) in [7, 11) is -3.52. The summed E-state index contributed by atoms with van der Waals surface area (Å²) in [6, 6.07) is 4.47. The fourth-order valence-electron chi connectivity index (χ4n) is 3.08. The molecule has 0 saturated carbocycles. The maximum Gasteiger partial charge on any atom is 0.253 e. The minimum absolute atomic E-state index is 0.0856. The normalized spacial score (nSPS) is 15.2. The Bertz CT molecular complexity index is 1030. The van der Waals surface area contributed by atoms with Crippen molar-refractivity contribution in [2.75, 3.05) is 29.4 Å². The predicted molar refractivity (Wildman–Crippen MR) is 114 cm³/mol. The van der Waals surface area contributed by atoms with E-state index in [0.29, 0.717) is 36.6 Å². The number of likely N-dealkylation sites (tertiary alicyclic amines) is 1. The van der Waals surface area contributed by atoms with E-state index < -0.39 is 10.0 Å². The molecule has 0 unspecified atom stereocenters. The Morgan fingerprint density at radius 1 is 1.28 bits per heavy atom. The highest BCUT2D eigenvalue weighted by Gasteiger charge is 2.28. The van der Waals surface area contributed by atoms with Crippen molar-refractivity contribution in [1.82, 2.24) is 9.88 Å². The first-order chi connectivity index (χ1) is 13.6. The van der Waals surface area contributed by atoms with Crippen LogP contribution in [0.1, 0.15) is 28.9 Å². The Balaban J connectivity index is 1.61. The highest BCUT2D eigenvalue weighted by molar-refractivity contribution is 7.92. The Hall–Kier alpha value is -2.17. The second kappa shape index (κ2) is 8.68. The van der Waals surface area contributed by atoms with Gasteiger partial charge in [0.05, 0.1) is 22.7 Å². The number of piperidine rings is 1. The molecule has 29 heavy (non-hydrogen) atoms. The van der Waals surface area contributed by atoms with Crippen molar-refractivity contribution in [1.29, 1.82) is 0 Å². The Kier molecular flexibility index (Phi) is 6.45. The van der Waals surface area contributed by atoms with E-state index in [1.807, 2.05) is 12.3 Å². The summed E-state index contributed by atoms with van der Waals surface area (Å²) in [5, 5.41) is 5.49. The van der Waals surface area contributed by atoms with Crippen LogP contribution in [0.4, 0.5) is 10.8 Å². The summed E-state index contributed by atoms with van der Waals surface area (Å²) in [5.41, 5.74) is 1.35. The van der Waals surface area contributed by atoms with Crippen LogP contribution in [0.2, 0.25) is 5.02 Å². The number of sulfonamides is 1. The first-order valence-corrected chi connectivity index (χ1v) is 12.1. The molecule has 1 fully saturated rings. The quantitative estimate of drug-likeness (QED) is 0.718. The number of aromatic nitrogens is 1. The van der Waals surface area contributed by atoms with Gasteiger partial charge < -0.3 is 10.2 Å². The number of nitrogens with one attached hydrogen (secondary N) is 2. The van der Waals surface area contributed by atoms with E-state index in [2.05, 4.69) is 15.0 Å². The molecule has 1 aromatic heterocycles. The minimum atomic E-state index is -3.52. The molecular weight excluding hydrogens is 436 g/mol. The summed E-state index contributed by atoms with van der Waals surface area (Å²) in [4.78, 5) is 31.1. The molecule has 0 radical (unpaired) electrons. The van der Waals surface area contributed by atoms with E-state index in [4.69, 9.17) is 11.6 Å². The van der Waals surface area contributed by atoms with Gasteiger partial charge >= 0.3 is 0 Å². The van der Waals surface area contributed by atoms with Gasteiger partial charge in [0.2, 0.25) is 15.9 Å². The minimum Gasteiger partial charge on any atom is -0.339 e. The van der Waals surface area contributed by atoms with Crippen LogP contribution in [0.5, 0.6) is 0 Å². The van der Waals surface area contributed by atoms with Gasteiger partial charge in [0.25, 0.3) is 5.91 Å². The van der Waals surface area contributed by atoms with E-state index in [1.54, 1.807) is 11.0 Å². The third kappa shape index (κ3) is 5.68. The van der Waals surface area contributed by atoms with Crippen LogP contribution >= 0.6 is 22.9 Å². The average Bonchev–Trinajstić information content (AvgIpc) is 3.06. The molecule has 8 nitrogen and oxygen atoms in total. The number of thiazole rings is 1. The molecule has 0 bridgehead atoms. The summed E-state index contributed by atoms with van der Waals surface area (Å²) in [6.45, 7) is 2.74. The van der Waals surface area contributed by atoms with Crippen molar-refractivity contribution < 1.29 is 18.0 Å². The first-order valence-electron chi connectivity index (χ1n) is 8.92. The number of carbonyl (C=O) groups excluding carboxylic acids is 2. The molecule has 156 valence electrons. The molecule has 3 rings (SSSR count). The predicted octanol–water partition coefficient (Wildman–Crippen LogP) is 2.97. The zero-order valence-corrected chi connectivity index (χ0v) is 18.3. The lowest BCUT2D eigenvalue weighted by molar-refractivity contribution is -0.121. The van der Waals surface area contributed by atoms with Gasteiger partial charge in [-0.05, 0) is 38.0 Å². The van der Waals surface area contributed by atoms with E-state index in [1.165, 1.54) is 23.5 Å². The fraction of sp³-hybridized carbons (Fsp3) is 0.389. The first kappa shape index (κ1) is 21.5. The lowest BCUT2D eigenvalue weighted by atomic mass is 9.95. The van der Waals surface area contributed by atoms with E-state index >= 15 is 0 Å². The van der Waals surface area contributed by atoms with Crippen LogP contribution in [0.15, 0.2) is 23.6 Å². The number of hydrogen-bond acceptors (Lipinski definition) is 6. The number of rotatable bonds is 5. The van der Waals surface area contributed by atoms with Crippen LogP contribution in [0.25, 0.3) is 0 Å². The molecule has 2 heterocycles. The number of hydrogen-bond donors (Lipinski definition) is 2. The van der Waals surface area contributed by atoms with Crippen LogP contribution in [0.3, 0.4) is 0 Å². The van der Waals surface area contributed by atoms with Crippen LogP contribution in [0, 0.1) is 12.8 Å². The molecule has 0 aliphatic carbocycles. The lowest BCUT2D eigenvalue weighted by Crippen LogP contribution is -2.41. The maximum atomic E-state index is 12.8. The maximum absolute atomic E-state index is 12.8. The Morgan fingerprint density at radius 3 is 2.55 bits per heavy atom. The van der Waals surface area contributed by atoms with Gasteiger partial charge in [0.1, 0.15) is 0 Å². The number of anilines is 2. The van der Waals surface area contributed by atoms with Crippen molar-refractivity contribution in [3.05, 3.63) is 39.9 Å². The zero-order valence-electron chi connectivity index (χ0n) is 15.9. The Labute approximate surface area is 178 Å². The van der Waals surface area contributed by atoms with Crippen molar-refractivity contribution in [3.63, 3.8) is 0 Å². The SMILES string of the molecule is Cc1csc(NC(=O)C2CCN(C(=O)c3ccc(Cl)c(NS(C)(=O)=O)c3)CC2)n1. The van der Waals surface area contributed by atoms with E-state index in [9.17, 15) is 18.0 Å². The molecule has 0 atom stereocenters. The molecule has 2 aromatic rings. The van der Waals surface area contributed by atoms with Gasteiger partial charge in [-0.15, -0.1) is 11.3 Å². The topological polar surface area (TPSA) is 108 Å². The molecule has 1 aliphatic heterocycles. The standard InChI is InChI=1S/C18H21ClN4O4S2/c1-11-10-28-18(20-11)21-16(24)12-5-7-23(8-6-12)17(25)13-3-4-14(19)15(9-13)22-29(2,26)27/h3-4,9-10,12,22H,5-8H2,1-2H3,(H,20,21,24). The Morgan fingerprint density at radius 2 is 1.97 bits per heavy atom. The third-order valence-corrected chi connectivity index (χ3v) is 6.31. The molecule has 2 N–H and O–H groups in total. The van der Waals surface area contributed by atoms with Crippen LogP contribution in [-0.4, -0.2) is 49.5 Å². The number of nitrogens with zero attached hydrogens (tertiary/aromatic N) is 2. The van der Waals surface area contributed by atoms with Crippen molar-refractivity contribution >= 4 is 55.6 Å². The molecular formula is C18H21ClN4O4S2. The van der Waals surface area contributed by atoms with Crippen LogP contribution in [-0.2, 0) is 14.8 Å². The van der Waals surface area contributed by atoms with Crippen molar-refractivity contribution in [2.24, 2.45) is 5.92 Å². The smallest absolute Gasteiger partial charge is 0.253 e. The molecule has 1 aromatic carbocycles. The van der Waals surface area contributed by atoms with Gasteiger partial charge in [0.15, 0.2) is 5.13 Å². The van der Waals surface area contributed by atoms with Gasteiger partial charge in [-0.1, -0.05) is 11.6 Å². The summed E-state index contributed by atoms with van der Waals surface area (Å²) in [6.07, 6.45) is 2.11. The third-order valence-electron chi connectivity index (χ3n) is 4.51. The van der Waals surface area contributed by atoms with Crippen molar-refractivity contribution in [2.45, 2.75) is 19.8 Å². The van der Waals surface area contributed by atoms with Gasteiger partial charge in [-0.2, -0.15) is 0 Å². The number of aryl methyl sites for hydroxylation is 1. The number of benzene rings is 1. The van der Waals surface area contributed by atoms with E-state index in [0.717, 1.165) is 11.9 Å². The highest BCUT2D eigenvalue weighted by Crippen LogP contribution is 2.26. The summed E-state index contributed by atoms with van der Waals surface area (Å²) in [5.74, 6) is -0.499. The van der Waals surface area contributed by atoms with Crippen LogP contribution < -0.4 is 10.0 Å². The number of carbonyl (C=O) groups is 2. The number of amides is 2. The van der Waals surface area contributed by atoms with Crippen molar-refractivity contribution in [3.8, 4) is 0 Å². The average molecular weight is 457 g/mol.